The van der Waals surface area contributed by atoms with Crippen LogP contribution in [-0.2, 0) is 4.79 Å². The van der Waals surface area contributed by atoms with Gasteiger partial charge in [0.1, 0.15) is 0 Å². The average Bonchev–Trinajstić information content (AvgIpc) is 3.16. The summed E-state index contributed by atoms with van der Waals surface area (Å²) in [5, 5.41) is 14.1. The molecule has 2 aliphatic heterocycles. The Morgan fingerprint density at radius 3 is 2.78 bits per heavy atom. The minimum atomic E-state index is -0.430. The lowest BCUT2D eigenvalue weighted by molar-refractivity contribution is -0.384. The van der Waals surface area contributed by atoms with Gasteiger partial charge >= 0.3 is 5.69 Å². The third-order valence-corrected chi connectivity index (χ3v) is 4.77. The van der Waals surface area contributed by atoms with Gasteiger partial charge < -0.3 is 19.7 Å². The Morgan fingerprint density at radius 1 is 1.22 bits per heavy atom. The predicted octanol–water partition coefficient (Wildman–Crippen LogP) is 2.57. The molecule has 1 aromatic carbocycles. The number of rotatable bonds is 4. The van der Waals surface area contributed by atoms with E-state index in [1.165, 1.54) is 6.07 Å². The molecule has 1 fully saturated rings. The van der Waals surface area contributed by atoms with Gasteiger partial charge in [-0.2, -0.15) is 0 Å². The Morgan fingerprint density at radius 2 is 2.00 bits per heavy atom. The molecule has 2 aromatic rings. The van der Waals surface area contributed by atoms with Crippen LogP contribution >= 0.6 is 0 Å². The molecule has 1 N–H and O–H groups in total. The first-order valence-electron chi connectivity index (χ1n) is 8.66. The number of hydrogen-bond donors (Lipinski definition) is 1. The summed E-state index contributed by atoms with van der Waals surface area (Å²) in [6, 6.07) is 8.28. The highest BCUT2D eigenvalue weighted by Crippen LogP contribution is 2.35. The lowest BCUT2D eigenvalue weighted by Crippen LogP contribution is -2.38. The minimum absolute atomic E-state index is 0.0132. The standard InChI is InChI=1S/C18H18N4O5/c23-18(20-13-3-4-15-16(10-13)27-11-26-15)12-5-8-21(9-6-12)17-14(22(24)25)2-1-7-19-17/h1-4,7,10,12H,5-6,8-9,11H2,(H,20,23). The molecular weight excluding hydrogens is 352 g/mol. The molecule has 9 heteroatoms. The van der Waals surface area contributed by atoms with Crippen molar-refractivity contribution in [1.29, 1.82) is 0 Å². The second-order valence-electron chi connectivity index (χ2n) is 6.42. The summed E-state index contributed by atoms with van der Waals surface area (Å²) < 4.78 is 10.6. The van der Waals surface area contributed by atoms with Crippen LogP contribution in [-0.4, -0.2) is 35.7 Å². The number of amides is 1. The third-order valence-electron chi connectivity index (χ3n) is 4.77. The van der Waals surface area contributed by atoms with E-state index in [0.717, 1.165) is 0 Å². The molecule has 0 saturated carbocycles. The second-order valence-corrected chi connectivity index (χ2v) is 6.42. The van der Waals surface area contributed by atoms with Crippen LogP contribution in [0.15, 0.2) is 36.5 Å². The van der Waals surface area contributed by atoms with Gasteiger partial charge in [0.2, 0.25) is 18.5 Å². The van der Waals surface area contributed by atoms with Crippen LogP contribution in [0.5, 0.6) is 11.5 Å². The van der Waals surface area contributed by atoms with Crippen molar-refractivity contribution in [1.82, 2.24) is 4.98 Å². The first-order valence-corrected chi connectivity index (χ1v) is 8.66. The number of carbonyl (C=O) groups excluding carboxylic acids is 1. The van der Waals surface area contributed by atoms with Gasteiger partial charge in [0.05, 0.1) is 4.92 Å². The van der Waals surface area contributed by atoms with Crippen molar-refractivity contribution in [2.75, 3.05) is 30.1 Å². The van der Waals surface area contributed by atoms with Gasteiger partial charge in [-0.1, -0.05) is 0 Å². The van der Waals surface area contributed by atoms with Gasteiger partial charge in [-0.25, -0.2) is 4.98 Å². The van der Waals surface area contributed by atoms with Crippen molar-refractivity contribution in [2.45, 2.75) is 12.8 Å². The largest absolute Gasteiger partial charge is 0.454 e. The molecule has 0 bridgehead atoms. The maximum Gasteiger partial charge on any atom is 0.311 e. The number of aromatic nitrogens is 1. The van der Waals surface area contributed by atoms with Gasteiger partial charge in [0.25, 0.3) is 0 Å². The van der Waals surface area contributed by atoms with E-state index in [1.807, 2.05) is 4.90 Å². The van der Waals surface area contributed by atoms with Gasteiger partial charge in [-0.3, -0.25) is 14.9 Å². The van der Waals surface area contributed by atoms with Crippen LogP contribution < -0.4 is 19.7 Å². The molecule has 1 aromatic heterocycles. The van der Waals surface area contributed by atoms with Crippen molar-refractivity contribution in [3.63, 3.8) is 0 Å². The second kappa shape index (κ2) is 7.10. The number of ether oxygens (including phenoxy) is 2. The average molecular weight is 370 g/mol. The van der Waals surface area contributed by atoms with E-state index in [1.54, 1.807) is 30.5 Å². The quantitative estimate of drug-likeness (QED) is 0.651. The number of carbonyl (C=O) groups is 1. The molecule has 0 aliphatic carbocycles. The number of hydrogen-bond acceptors (Lipinski definition) is 7. The topological polar surface area (TPSA) is 107 Å². The Kier molecular flexibility index (Phi) is 4.49. The monoisotopic (exact) mass is 370 g/mol. The van der Waals surface area contributed by atoms with Crippen LogP contribution in [0.3, 0.4) is 0 Å². The number of nitrogens with zero attached hydrogens (tertiary/aromatic N) is 3. The highest BCUT2D eigenvalue weighted by molar-refractivity contribution is 5.93. The SMILES string of the molecule is O=C(Nc1ccc2c(c1)OCO2)C1CCN(c2ncccc2[N+](=O)[O-])CC1. The van der Waals surface area contributed by atoms with Crippen molar-refractivity contribution in [3.8, 4) is 11.5 Å². The smallest absolute Gasteiger partial charge is 0.311 e. The van der Waals surface area contributed by atoms with Gasteiger partial charge in [-0.15, -0.1) is 0 Å². The fourth-order valence-corrected chi connectivity index (χ4v) is 3.35. The lowest BCUT2D eigenvalue weighted by Gasteiger charge is -2.31. The molecule has 3 heterocycles. The van der Waals surface area contributed by atoms with Gasteiger partial charge in [0.15, 0.2) is 11.5 Å². The molecule has 1 saturated heterocycles. The molecule has 2 aliphatic rings. The van der Waals surface area contributed by atoms with Gasteiger partial charge in [-0.05, 0) is 31.0 Å². The van der Waals surface area contributed by atoms with Crippen molar-refractivity contribution >= 4 is 23.1 Å². The number of nitro groups is 1. The summed E-state index contributed by atoms with van der Waals surface area (Å²) in [5.74, 6) is 1.42. The minimum Gasteiger partial charge on any atom is -0.454 e. The van der Waals surface area contributed by atoms with Crippen molar-refractivity contribution in [2.24, 2.45) is 5.92 Å². The summed E-state index contributed by atoms with van der Waals surface area (Å²) >= 11 is 0. The normalized spacial score (nSPS) is 16.2. The molecule has 0 atom stereocenters. The number of nitrogens with one attached hydrogen (secondary N) is 1. The zero-order valence-corrected chi connectivity index (χ0v) is 14.5. The molecule has 140 valence electrons. The van der Waals surface area contributed by atoms with E-state index in [0.29, 0.717) is 48.9 Å². The fourth-order valence-electron chi connectivity index (χ4n) is 3.35. The summed E-state index contributed by atoms with van der Waals surface area (Å²) in [4.78, 5) is 29.3. The number of benzene rings is 1. The molecule has 0 radical (unpaired) electrons. The molecular formula is C18H18N4O5. The summed E-state index contributed by atoms with van der Waals surface area (Å²) in [7, 11) is 0. The maximum atomic E-state index is 12.6. The van der Waals surface area contributed by atoms with Gasteiger partial charge in [0, 0.05) is 43.0 Å². The Bertz CT molecular complexity index is 880. The van der Waals surface area contributed by atoms with Crippen LogP contribution in [0.4, 0.5) is 17.2 Å². The fraction of sp³-hybridized carbons (Fsp3) is 0.333. The molecule has 0 unspecified atom stereocenters. The lowest BCUT2D eigenvalue weighted by atomic mass is 9.95. The summed E-state index contributed by atoms with van der Waals surface area (Å²) in [5.41, 5.74) is 0.646. The van der Waals surface area contributed by atoms with Crippen molar-refractivity contribution < 1.29 is 19.2 Å². The van der Waals surface area contributed by atoms with E-state index in [-0.39, 0.29) is 24.3 Å². The van der Waals surface area contributed by atoms with E-state index >= 15 is 0 Å². The number of fused-ring (bicyclic) bond motifs is 1. The zero-order chi connectivity index (χ0) is 18.8. The molecule has 0 spiro atoms. The molecule has 1 amide bonds. The molecule has 4 rings (SSSR count). The number of piperidine rings is 1. The first kappa shape index (κ1) is 17.1. The highest BCUT2D eigenvalue weighted by Gasteiger charge is 2.29. The van der Waals surface area contributed by atoms with Crippen LogP contribution in [0.2, 0.25) is 0 Å². The van der Waals surface area contributed by atoms with E-state index in [4.69, 9.17) is 9.47 Å². The summed E-state index contributed by atoms with van der Waals surface area (Å²) in [6.07, 6.45) is 2.75. The first-order chi connectivity index (χ1) is 13.1. The summed E-state index contributed by atoms with van der Waals surface area (Å²) in [6.45, 7) is 1.26. The molecule has 9 nitrogen and oxygen atoms in total. The Hall–Kier alpha value is -3.36. The predicted molar refractivity (Wildman–Crippen MR) is 97.0 cm³/mol. The Balaban J connectivity index is 1.38. The van der Waals surface area contributed by atoms with Crippen LogP contribution in [0, 0.1) is 16.0 Å². The molecule has 27 heavy (non-hydrogen) atoms. The highest BCUT2D eigenvalue weighted by atomic mass is 16.7. The van der Waals surface area contributed by atoms with Crippen LogP contribution in [0.25, 0.3) is 0 Å². The Labute approximate surface area is 155 Å². The van der Waals surface area contributed by atoms with E-state index in [2.05, 4.69) is 10.3 Å². The zero-order valence-electron chi connectivity index (χ0n) is 14.5. The van der Waals surface area contributed by atoms with Crippen molar-refractivity contribution in [3.05, 3.63) is 46.6 Å². The third kappa shape index (κ3) is 3.48. The van der Waals surface area contributed by atoms with E-state index in [9.17, 15) is 14.9 Å². The number of pyridine rings is 1. The van der Waals surface area contributed by atoms with E-state index < -0.39 is 4.92 Å². The maximum absolute atomic E-state index is 12.6. The van der Waals surface area contributed by atoms with Crippen LogP contribution in [0.1, 0.15) is 12.8 Å². The number of anilines is 2.